The molecule has 0 rings (SSSR count). The molecule has 0 amide bonds. The van der Waals surface area contributed by atoms with Crippen LogP contribution < -0.4 is 0 Å². The predicted octanol–water partition coefficient (Wildman–Crippen LogP) is 3.00. The normalized spacial score (nSPS) is 13.0. The molecule has 0 spiro atoms. The Kier molecular flexibility index (Phi) is 7.33. The quantitative estimate of drug-likeness (QED) is 0.535. The van der Waals surface area contributed by atoms with Crippen molar-refractivity contribution in [2.24, 2.45) is 11.8 Å². The molecule has 0 aromatic rings. The van der Waals surface area contributed by atoms with E-state index < -0.39 is 0 Å². The number of esters is 1. The number of carbonyl (C=O) groups is 1. The van der Waals surface area contributed by atoms with E-state index in [0.29, 0.717) is 24.9 Å². The molecule has 2 nitrogen and oxygen atoms in total. The predicted molar refractivity (Wildman–Crippen MR) is 58.0 cm³/mol. The van der Waals surface area contributed by atoms with Crippen LogP contribution in [0.2, 0.25) is 0 Å². The molecule has 13 heavy (non-hydrogen) atoms. The van der Waals surface area contributed by atoms with Gasteiger partial charge in [0.15, 0.2) is 0 Å². The zero-order valence-electron chi connectivity index (χ0n) is 8.68. The van der Waals surface area contributed by atoms with Crippen LogP contribution in [0.4, 0.5) is 0 Å². The molecule has 0 radical (unpaired) electrons. The summed E-state index contributed by atoms with van der Waals surface area (Å²) in [6.07, 6.45) is 1.61. The molecule has 1 atom stereocenters. The molecule has 3 heteroatoms. The molecular formula is C10H19BrO2. The fourth-order valence-electron chi connectivity index (χ4n) is 1.32. The molecule has 1 unspecified atom stereocenters. The lowest BCUT2D eigenvalue weighted by molar-refractivity contribution is -0.144. The lowest BCUT2D eigenvalue weighted by Crippen LogP contribution is -2.14. The fourth-order valence-corrected chi connectivity index (χ4v) is 1.82. The van der Waals surface area contributed by atoms with Gasteiger partial charge in [-0.3, -0.25) is 4.79 Å². The number of carbonyl (C=O) groups excluding carboxylic acids is 1. The topological polar surface area (TPSA) is 26.3 Å². The van der Waals surface area contributed by atoms with Crippen molar-refractivity contribution in [2.75, 3.05) is 11.9 Å². The summed E-state index contributed by atoms with van der Waals surface area (Å²) in [7, 11) is 0. The first-order valence-corrected chi connectivity index (χ1v) is 5.93. The number of rotatable bonds is 6. The second-order valence-corrected chi connectivity index (χ2v) is 4.31. The van der Waals surface area contributed by atoms with Gasteiger partial charge in [0, 0.05) is 11.8 Å². The van der Waals surface area contributed by atoms with Gasteiger partial charge < -0.3 is 4.74 Å². The second-order valence-electron chi connectivity index (χ2n) is 3.66. The Labute approximate surface area is 89.2 Å². The van der Waals surface area contributed by atoms with E-state index in [1.807, 2.05) is 6.92 Å². The van der Waals surface area contributed by atoms with Crippen LogP contribution in [-0.4, -0.2) is 17.9 Å². The second kappa shape index (κ2) is 7.36. The van der Waals surface area contributed by atoms with Crippen LogP contribution in [0, 0.1) is 11.8 Å². The van der Waals surface area contributed by atoms with Crippen molar-refractivity contribution < 1.29 is 9.53 Å². The first-order valence-electron chi connectivity index (χ1n) is 4.81. The molecular weight excluding hydrogens is 232 g/mol. The van der Waals surface area contributed by atoms with E-state index in [2.05, 4.69) is 29.8 Å². The molecule has 0 bridgehead atoms. The first kappa shape index (κ1) is 12.9. The summed E-state index contributed by atoms with van der Waals surface area (Å²) in [5.41, 5.74) is 0. The third-order valence-electron chi connectivity index (χ3n) is 1.78. The van der Waals surface area contributed by atoms with Gasteiger partial charge in [-0.15, -0.1) is 0 Å². The highest BCUT2D eigenvalue weighted by molar-refractivity contribution is 9.09. The maximum absolute atomic E-state index is 11.2. The monoisotopic (exact) mass is 250 g/mol. The Morgan fingerprint density at radius 1 is 1.46 bits per heavy atom. The van der Waals surface area contributed by atoms with Crippen molar-refractivity contribution in [3.63, 3.8) is 0 Å². The molecule has 0 heterocycles. The van der Waals surface area contributed by atoms with Crippen LogP contribution in [0.15, 0.2) is 0 Å². The van der Waals surface area contributed by atoms with Crippen molar-refractivity contribution in [1.82, 2.24) is 0 Å². The molecule has 0 aromatic heterocycles. The smallest absolute Gasteiger partial charge is 0.306 e. The molecule has 0 aliphatic heterocycles. The lowest BCUT2D eigenvalue weighted by atomic mass is 9.96. The molecule has 0 saturated heterocycles. The van der Waals surface area contributed by atoms with E-state index in [1.54, 1.807) is 0 Å². The summed E-state index contributed by atoms with van der Waals surface area (Å²) in [5.74, 6) is 0.976. The zero-order valence-corrected chi connectivity index (χ0v) is 10.3. The van der Waals surface area contributed by atoms with E-state index >= 15 is 0 Å². The molecule has 0 aromatic carbocycles. The van der Waals surface area contributed by atoms with Crippen LogP contribution in [0.3, 0.4) is 0 Å². The van der Waals surface area contributed by atoms with Gasteiger partial charge in [0.25, 0.3) is 0 Å². The average Bonchev–Trinajstić information content (AvgIpc) is 2.02. The highest BCUT2D eigenvalue weighted by Crippen LogP contribution is 2.18. The minimum atomic E-state index is -0.0763. The van der Waals surface area contributed by atoms with E-state index in [1.165, 1.54) is 0 Å². The van der Waals surface area contributed by atoms with Crippen LogP contribution in [0.5, 0.6) is 0 Å². The van der Waals surface area contributed by atoms with Crippen LogP contribution in [-0.2, 0) is 9.53 Å². The number of hydrogen-bond acceptors (Lipinski definition) is 2. The van der Waals surface area contributed by atoms with Gasteiger partial charge in [-0.05, 0) is 25.2 Å². The summed E-state index contributed by atoms with van der Waals surface area (Å²) in [6.45, 7) is 6.65. The van der Waals surface area contributed by atoms with Gasteiger partial charge in [0.2, 0.25) is 0 Å². The van der Waals surface area contributed by atoms with Gasteiger partial charge >= 0.3 is 5.97 Å². The molecule has 0 aliphatic carbocycles. The molecule has 0 aliphatic rings. The molecule has 0 fully saturated rings. The lowest BCUT2D eigenvalue weighted by Gasteiger charge is -2.14. The zero-order chi connectivity index (χ0) is 10.3. The number of hydrogen-bond donors (Lipinski definition) is 0. The van der Waals surface area contributed by atoms with Gasteiger partial charge in [0.1, 0.15) is 0 Å². The van der Waals surface area contributed by atoms with Crippen molar-refractivity contribution in [2.45, 2.75) is 33.6 Å². The summed E-state index contributed by atoms with van der Waals surface area (Å²) < 4.78 is 4.90. The van der Waals surface area contributed by atoms with Crippen molar-refractivity contribution in [3.8, 4) is 0 Å². The van der Waals surface area contributed by atoms with Gasteiger partial charge in [-0.2, -0.15) is 0 Å². The molecule has 0 N–H and O–H groups in total. The average molecular weight is 251 g/mol. The minimum absolute atomic E-state index is 0.0763. The Hall–Kier alpha value is -0.0500. The molecule has 78 valence electrons. The maximum atomic E-state index is 11.2. The number of ether oxygens (including phenoxy) is 1. The largest absolute Gasteiger partial charge is 0.466 e. The van der Waals surface area contributed by atoms with Crippen LogP contribution in [0.1, 0.15) is 33.6 Å². The maximum Gasteiger partial charge on any atom is 0.306 e. The summed E-state index contributed by atoms with van der Waals surface area (Å²) in [4.78, 5) is 11.2. The standard InChI is InChI=1S/C10H19BrO2/c1-4-13-10(12)6-9(7-11)5-8(2)3/h8-9H,4-7H2,1-3H3. The fraction of sp³-hybridized carbons (Fsp3) is 0.900. The van der Waals surface area contributed by atoms with Crippen molar-refractivity contribution >= 4 is 21.9 Å². The van der Waals surface area contributed by atoms with Gasteiger partial charge in [0.05, 0.1) is 6.61 Å². The Morgan fingerprint density at radius 2 is 2.08 bits per heavy atom. The molecule has 0 saturated carbocycles. The van der Waals surface area contributed by atoms with Gasteiger partial charge in [-0.1, -0.05) is 29.8 Å². The van der Waals surface area contributed by atoms with E-state index in [-0.39, 0.29) is 5.97 Å². The van der Waals surface area contributed by atoms with E-state index in [9.17, 15) is 4.79 Å². The first-order chi connectivity index (χ1) is 6.10. The van der Waals surface area contributed by atoms with Crippen LogP contribution in [0.25, 0.3) is 0 Å². The SMILES string of the molecule is CCOC(=O)CC(CBr)CC(C)C. The summed E-state index contributed by atoms with van der Waals surface area (Å²) >= 11 is 3.42. The summed E-state index contributed by atoms with van der Waals surface area (Å²) in [6, 6.07) is 0. The van der Waals surface area contributed by atoms with Crippen molar-refractivity contribution in [1.29, 1.82) is 0 Å². The van der Waals surface area contributed by atoms with E-state index in [4.69, 9.17) is 4.74 Å². The number of alkyl halides is 1. The van der Waals surface area contributed by atoms with Crippen molar-refractivity contribution in [3.05, 3.63) is 0 Å². The van der Waals surface area contributed by atoms with Crippen LogP contribution >= 0.6 is 15.9 Å². The summed E-state index contributed by atoms with van der Waals surface area (Å²) in [5, 5.41) is 0.879. The Bertz CT molecular complexity index is 146. The third-order valence-corrected chi connectivity index (χ3v) is 2.70. The minimum Gasteiger partial charge on any atom is -0.466 e. The third kappa shape index (κ3) is 7.05. The number of halogens is 1. The van der Waals surface area contributed by atoms with E-state index in [0.717, 1.165) is 11.8 Å². The highest BCUT2D eigenvalue weighted by atomic mass is 79.9. The Morgan fingerprint density at radius 3 is 2.46 bits per heavy atom. The Balaban J connectivity index is 3.76. The van der Waals surface area contributed by atoms with Gasteiger partial charge in [-0.25, -0.2) is 0 Å². The highest BCUT2D eigenvalue weighted by Gasteiger charge is 2.14.